The Morgan fingerprint density at radius 3 is 3.00 bits per heavy atom. The molecule has 0 bridgehead atoms. The molecule has 1 spiro atoms. The minimum absolute atomic E-state index is 0.129. The number of carbonyl (C=O) groups excluding carboxylic acids is 1. The first-order valence-electron chi connectivity index (χ1n) is 9.56. The summed E-state index contributed by atoms with van der Waals surface area (Å²) in [5.41, 5.74) is 2.83. The summed E-state index contributed by atoms with van der Waals surface area (Å²) in [6, 6.07) is 8.10. The second-order valence-corrected chi connectivity index (χ2v) is 7.53. The van der Waals surface area contributed by atoms with E-state index in [-0.39, 0.29) is 11.9 Å². The Labute approximate surface area is 158 Å². The van der Waals surface area contributed by atoms with Gasteiger partial charge in [0.25, 0.3) is 0 Å². The zero-order valence-corrected chi connectivity index (χ0v) is 15.5. The third-order valence-electron chi connectivity index (χ3n) is 6.19. The average Bonchev–Trinajstić information content (AvgIpc) is 3.36. The number of H-pyrrole nitrogens is 1. The van der Waals surface area contributed by atoms with Gasteiger partial charge in [0.1, 0.15) is 5.75 Å². The molecule has 2 atom stereocenters. The van der Waals surface area contributed by atoms with Crippen molar-refractivity contribution in [3.8, 4) is 17.0 Å². The highest BCUT2D eigenvalue weighted by atomic mass is 16.5. The SMILES string of the molecule is COc1ccc(-c2[nH]ncc2CN2CC[C@@]34OCCCN3C(=O)C[C@@H]24)cc1. The molecule has 142 valence electrons. The van der Waals surface area contributed by atoms with Crippen molar-refractivity contribution in [1.82, 2.24) is 20.0 Å². The molecule has 3 saturated heterocycles. The van der Waals surface area contributed by atoms with Gasteiger partial charge in [-0.2, -0.15) is 5.10 Å². The second kappa shape index (κ2) is 6.35. The van der Waals surface area contributed by atoms with Gasteiger partial charge in [0.05, 0.1) is 31.6 Å². The molecule has 3 fully saturated rings. The number of aromatic amines is 1. The summed E-state index contributed by atoms with van der Waals surface area (Å²) in [5, 5.41) is 7.40. The van der Waals surface area contributed by atoms with Crippen LogP contribution in [-0.2, 0) is 16.1 Å². The van der Waals surface area contributed by atoms with Crippen LogP contribution in [0.2, 0.25) is 0 Å². The van der Waals surface area contributed by atoms with Crippen molar-refractivity contribution in [2.45, 2.75) is 37.6 Å². The maximum Gasteiger partial charge on any atom is 0.226 e. The molecule has 4 heterocycles. The van der Waals surface area contributed by atoms with Crippen LogP contribution in [0.3, 0.4) is 0 Å². The molecule has 27 heavy (non-hydrogen) atoms. The third kappa shape index (κ3) is 2.56. The van der Waals surface area contributed by atoms with Crippen LogP contribution >= 0.6 is 0 Å². The summed E-state index contributed by atoms with van der Waals surface area (Å²) in [7, 11) is 1.67. The van der Waals surface area contributed by atoms with Gasteiger partial charge in [-0.15, -0.1) is 0 Å². The minimum atomic E-state index is -0.403. The van der Waals surface area contributed by atoms with E-state index in [1.807, 2.05) is 35.4 Å². The minimum Gasteiger partial charge on any atom is -0.497 e. The van der Waals surface area contributed by atoms with Crippen molar-refractivity contribution in [2.24, 2.45) is 0 Å². The van der Waals surface area contributed by atoms with Gasteiger partial charge in [-0.3, -0.25) is 14.8 Å². The molecule has 1 N–H and O–H groups in total. The fourth-order valence-corrected chi connectivity index (χ4v) is 4.88. The summed E-state index contributed by atoms with van der Waals surface area (Å²) in [5.74, 6) is 1.06. The van der Waals surface area contributed by atoms with Crippen molar-refractivity contribution in [3.63, 3.8) is 0 Å². The predicted octanol–water partition coefficient (Wildman–Crippen LogP) is 2.01. The average molecular weight is 368 g/mol. The van der Waals surface area contributed by atoms with E-state index in [2.05, 4.69) is 15.1 Å². The third-order valence-corrected chi connectivity index (χ3v) is 6.19. The van der Waals surface area contributed by atoms with E-state index in [4.69, 9.17) is 9.47 Å². The Morgan fingerprint density at radius 2 is 2.19 bits per heavy atom. The normalized spacial score (nSPS) is 27.7. The van der Waals surface area contributed by atoms with E-state index in [1.54, 1.807) is 7.11 Å². The number of nitrogens with zero attached hydrogens (tertiary/aromatic N) is 3. The summed E-state index contributed by atoms with van der Waals surface area (Å²) >= 11 is 0. The van der Waals surface area contributed by atoms with Crippen LogP contribution in [0.15, 0.2) is 30.5 Å². The fourth-order valence-electron chi connectivity index (χ4n) is 4.88. The van der Waals surface area contributed by atoms with Gasteiger partial charge in [0, 0.05) is 43.6 Å². The summed E-state index contributed by atoms with van der Waals surface area (Å²) in [6.45, 7) is 3.26. The lowest BCUT2D eigenvalue weighted by Crippen LogP contribution is -2.56. The van der Waals surface area contributed by atoms with Gasteiger partial charge >= 0.3 is 0 Å². The molecular weight excluding hydrogens is 344 g/mol. The molecule has 1 amide bonds. The number of methoxy groups -OCH3 is 1. The van der Waals surface area contributed by atoms with Crippen LogP contribution in [0.5, 0.6) is 5.75 Å². The standard InChI is InChI=1S/C20H24N4O3/c1-26-16-5-3-14(4-6-16)19-15(12-21-22-19)13-23-9-7-20-17(23)11-18(25)24(20)8-2-10-27-20/h3-6,12,17H,2,7-11,13H2,1H3,(H,21,22)/t17-,20+/m1/s1. The first kappa shape index (κ1) is 16.8. The lowest BCUT2D eigenvalue weighted by Gasteiger charge is -2.42. The highest BCUT2D eigenvalue weighted by molar-refractivity contribution is 5.81. The number of hydrogen-bond donors (Lipinski definition) is 1. The largest absolute Gasteiger partial charge is 0.497 e. The number of amides is 1. The van der Waals surface area contributed by atoms with Crippen LogP contribution in [-0.4, -0.2) is 64.5 Å². The molecule has 0 aliphatic carbocycles. The van der Waals surface area contributed by atoms with E-state index in [9.17, 15) is 4.79 Å². The molecular formula is C20H24N4O3. The Morgan fingerprint density at radius 1 is 1.33 bits per heavy atom. The monoisotopic (exact) mass is 368 g/mol. The van der Waals surface area contributed by atoms with Crippen LogP contribution in [0.1, 0.15) is 24.8 Å². The summed E-state index contributed by atoms with van der Waals surface area (Å²) in [4.78, 5) is 16.9. The van der Waals surface area contributed by atoms with Crippen LogP contribution in [0.4, 0.5) is 0 Å². The Hall–Kier alpha value is -2.38. The molecule has 1 aromatic heterocycles. The lowest BCUT2D eigenvalue weighted by atomic mass is 10.0. The highest BCUT2D eigenvalue weighted by Gasteiger charge is 2.60. The zero-order chi connectivity index (χ0) is 18.4. The molecule has 5 rings (SSSR count). The van der Waals surface area contributed by atoms with Crippen molar-refractivity contribution in [3.05, 3.63) is 36.0 Å². The predicted molar refractivity (Wildman–Crippen MR) is 99.0 cm³/mol. The molecule has 1 aromatic carbocycles. The van der Waals surface area contributed by atoms with Crippen molar-refractivity contribution in [1.29, 1.82) is 0 Å². The molecule has 0 radical (unpaired) electrons. The number of hydrogen-bond acceptors (Lipinski definition) is 5. The topological polar surface area (TPSA) is 70.7 Å². The quantitative estimate of drug-likeness (QED) is 0.894. The molecule has 0 saturated carbocycles. The smallest absolute Gasteiger partial charge is 0.226 e. The van der Waals surface area contributed by atoms with Crippen LogP contribution < -0.4 is 4.74 Å². The summed E-state index contributed by atoms with van der Waals surface area (Å²) < 4.78 is 11.4. The highest BCUT2D eigenvalue weighted by Crippen LogP contribution is 2.45. The molecule has 2 aromatic rings. The van der Waals surface area contributed by atoms with Crippen molar-refractivity contribution < 1.29 is 14.3 Å². The summed E-state index contributed by atoms with van der Waals surface area (Å²) in [6.07, 6.45) is 4.26. The van der Waals surface area contributed by atoms with E-state index in [0.29, 0.717) is 6.42 Å². The van der Waals surface area contributed by atoms with E-state index in [1.165, 1.54) is 0 Å². The van der Waals surface area contributed by atoms with Gasteiger partial charge in [-0.05, 0) is 30.7 Å². The van der Waals surface area contributed by atoms with Gasteiger partial charge in [0.2, 0.25) is 5.91 Å². The van der Waals surface area contributed by atoms with E-state index < -0.39 is 5.72 Å². The van der Waals surface area contributed by atoms with E-state index in [0.717, 1.165) is 61.7 Å². The lowest BCUT2D eigenvalue weighted by molar-refractivity contribution is -0.180. The molecule has 7 nitrogen and oxygen atoms in total. The molecule has 3 aliphatic heterocycles. The first-order valence-corrected chi connectivity index (χ1v) is 9.56. The number of likely N-dealkylation sites (tertiary alicyclic amines) is 1. The van der Waals surface area contributed by atoms with Crippen LogP contribution in [0.25, 0.3) is 11.3 Å². The number of aromatic nitrogens is 2. The number of benzene rings is 1. The number of rotatable bonds is 4. The zero-order valence-electron chi connectivity index (χ0n) is 15.5. The Bertz CT molecular complexity index is 849. The second-order valence-electron chi connectivity index (χ2n) is 7.53. The van der Waals surface area contributed by atoms with Gasteiger partial charge in [-0.25, -0.2) is 0 Å². The molecule has 3 aliphatic rings. The number of ether oxygens (including phenoxy) is 2. The molecule has 0 unspecified atom stereocenters. The van der Waals surface area contributed by atoms with Crippen molar-refractivity contribution in [2.75, 3.05) is 26.8 Å². The fraction of sp³-hybridized carbons (Fsp3) is 0.500. The number of nitrogens with one attached hydrogen (secondary N) is 1. The van der Waals surface area contributed by atoms with Crippen LogP contribution in [0, 0.1) is 0 Å². The van der Waals surface area contributed by atoms with Gasteiger partial charge in [0.15, 0.2) is 5.72 Å². The first-order chi connectivity index (χ1) is 13.2. The Balaban J connectivity index is 1.39. The maximum atomic E-state index is 12.5. The molecule has 7 heteroatoms. The maximum absolute atomic E-state index is 12.5. The van der Waals surface area contributed by atoms with Crippen molar-refractivity contribution >= 4 is 5.91 Å². The number of carbonyl (C=O) groups is 1. The van der Waals surface area contributed by atoms with Gasteiger partial charge in [-0.1, -0.05) is 0 Å². The van der Waals surface area contributed by atoms with E-state index >= 15 is 0 Å². The van der Waals surface area contributed by atoms with Gasteiger partial charge < -0.3 is 14.4 Å². The Kier molecular flexibility index (Phi) is 3.94.